The molecule has 2 N–H and O–H groups in total. The Balaban J connectivity index is 2.04. The number of anilines is 1. The zero-order chi connectivity index (χ0) is 15.5. The van der Waals surface area contributed by atoms with Crippen LogP contribution in [0.15, 0.2) is 29.2 Å². The van der Waals surface area contributed by atoms with Gasteiger partial charge in [0, 0.05) is 24.3 Å². The summed E-state index contributed by atoms with van der Waals surface area (Å²) in [6, 6.07) is 7.33. The average molecular weight is 311 g/mol. The summed E-state index contributed by atoms with van der Waals surface area (Å²) < 4.78 is 27.7. The number of nitrogens with one attached hydrogen (secondary N) is 2. The van der Waals surface area contributed by atoms with E-state index in [-0.39, 0.29) is 6.04 Å². The van der Waals surface area contributed by atoms with Gasteiger partial charge >= 0.3 is 0 Å². The third-order valence-corrected chi connectivity index (χ3v) is 5.61. The molecule has 0 amide bonds. The number of piperidine rings is 1. The summed E-state index contributed by atoms with van der Waals surface area (Å²) in [7, 11) is -1.35. The molecule has 1 aliphatic heterocycles. The van der Waals surface area contributed by atoms with Gasteiger partial charge in [-0.05, 0) is 64.5 Å². The van der Waals surface area contributed by atoms with Gasteiger partial charge in [0.1, 0.15) is 0 Å². The van der Waals surface area contributed by atoms with E-state index < -0.39 is 10.0 Å². The second-order valence-corrected chi connectivity index (χ2v) is 7.44. The Kier molecular flexibility index (Phi) is 5.24. The summed E-state index contributed by atoms with van der Waals surface area (Å²) >= 11 is 0. The number of benzene rings is 1. The highest BCUT2D eigenvalue weighted by molar-refractivity contribution is 7.89. The molecule has 118 valence electrons. The minimum atomic E-state index is -3.43. The van der Waals surface area contributed by atoms with E-state index in [2.05, 4.69) is 28.9 Å². The summed E-state index contributed by atoms with van der Waals surface area (Å²) in [4.78, 5) is 2.59. The zero-order valence-electron chi connectivity index (χ0n) is 13.0. The topological polar surface area (TPSA) is 61.4 Å². The van der Waals surface area contributed by atoms with Gasteiger partial charge in [-0.3, -0.25) is 0 Å². The standard InChI is InChI=1S/C15H25N3O2S/c1-4-16-13-5-7-15(8-6-13)21(19,20)17-14-9-10-18(3)12(2)11-14/h5-8,12,14,16-17H,4,9-11H2,1-3H3. The Morgan fingerprint density at radius 3 is 2.52 bits per heavy atom. The predicted molar refractivity (Wildman–Crippen MR) is 86.0 cm³/mol. The number of rotatable bonds is 5. The SMILES string of the molecule is CCNc1ccc(S(=O)(=O)NC2CCN(C)C(C)C2)cc1. The van der Waals surface area contributed by atoms with Crippen LogP contribution in [0.2, 0.25) is 0 Å². The summed E-state index contributed by atoms with van der Waals surface area (Å²) in [5.74, 6) is 0. The molecule has 6 heteroatoms. The first-order valence-electron chi connectivity index (χ1n) is 7.49. The lowest BCUT2D eigenvalue weighted by Gasteiger charge is -2.35. The van der Waals surface area contributed by atoms with Crippen LogP contribution in [0, 0.1) is 0 Å². The summed E-state index contributed by atoms with van der Waals surface area (Å²) in [5.41, 5.74) is 0.935. The van der Waals surface area contributed by atoms with E-state index in [1.165, 1.54) is 0 Å². The van der Waals surface area contributed by atoms with E-state index in [1.54, 1.807) is 24.3 Å². The van der Waals surface area contributed by atoms with Crippen molar-refractivity contribution in [1.82, 2.24) is 9.62 Å². The molecule has 1 aliphatic rings. The zero-order valence-corrected chi connectivity index (χ0v) is 13.8. The van der Waals surface area contributed by atoms with Crippen LogP contribution in [-0.4, -0.2) is 45.5 Å². The van der Waals surface area contributed by atoms with E-state index in [0.29, 0.717) is 10.9 Å². The molecule has 2 atom stereocenters. The number of nitrogens with zero attached hydrogens (tertiary/aromatic N) is 1. The smallest absolute Gasteiger partial charge is 0.240 e. The molecule has 1 saturated heterocycles. The molecule has 0 spiro atoms. The molecule has 21 heavy (non-hydrogen) atoms. The molecule has 1 aromatic carbocycles. The lowest BCUT2D eigenvalue weighted by molar-refractivity contribution is 0.178. The van der Waals surface area contributed by atoms with Crippen LogP contribution in [0.25, 0.3) is 0 Å². The van der Waals surface area contributed by atoms with Crippen LogP contribution in [-0.2, 0) is 10.0 Å². The largest absolute Gasteiger partial charge is 0.385 e. The number of likely N-dealkylation sites (tertiary alicyclic amines) is 1. The third-order valence-electron chi connectivity index (χ3n) is 4.08. The molecule has 2 unspecified atom stereocenters. The minimum Gasteiger partial charge on any atom is -0.385 e. The summed E-state index contributed by atoms with van der Waals surface area (Å²) in [6.45, 7) is 5.88. The third kappa shape index (κ3) is 4.18. The number of sulfonamides is 1. The van der Waals surface area contributed by atoms with Gasteiger partial charge in [0.25, 0.3) is 0 Å². The molecule has 2 rings (SSSR count). The predicted octanol–water partition coefficient (Wildman–Crippen LogP) is 1.88. The number of hydrogen-bond donors (Lipinski definition) is 2. The highest BCUT2D eigenvalue weighted by atomic mass is 32.2. The van der Waals surface area contributed by atoms with Crippen LogP contribution in [0.1, 0.15) is 26.7 Å². The quantitative estimate of drug-likeness (QED) is 0.871. The molecule has 5 nitrogen and oxygen atoms in total. The second-order valence-electron chi connectivity index (χ2n) is 5.73. The van der Waals surface area contributed by atoms with Crippen LogP contribution in [0.3, 0.4) is 0 Å². The fourth-order valence-electron chi connectivity index (χ4n) is 2.64. The Morgan fingerprint density at radius 1 is 1.29 bits per heavy atom. The maximum Gasteiger partial charge on any atom is 0.240 e. The van der Waals surface area contributed by atoms with Gasteiger partial charge in [0.05, 0.1) is 4.90 Å². The van der Waals surface area contributed by atoms with Crippen LogP contribution >= 0.6 is 0 Å². The molecule has 0 bridgehead atoms. The molecule has 0 radical (unpaired) electrons. The van der Waals surface area contributed by atoms with Crippen molar-refractivity contribution < 1.29 is 8.42 Å². The Morgan fingerprint density at radius 2 is 1.95 bits per heavy atom. The molecule has 0 saturated carbocycles. The molecular formula is C15H25N3O2S. The van der Waals surface area contributed by atoms with E-state index in [1.807, 2.05) is 6.92 Å². The van der Waals surface area contributed by atoms with Crippen molar-refractivity contribution in [2.75, 3.05) is 25.5 Å². The van der Waals surface area contributed by atoms with Crippen molar-refractivity contribution in [1.29, 1.82) is 0 Å². The molecule has 1 heterocycles. The van der Waals surface area contributed by atoms with Gasteiger partial charge in [-0.25, -0.2) is 13.1 Å². The maximum absolute atomic E-state index is 12.4. The van der Waals surface area contributed by atoms with Crippen LogP contribution in [0.4, 0.5) is 5.69 Å². The minimum absolute atomic E-state index is 0.0228. The molecule has 0 aliphatic carbocycles. The molecule has 1 aromatic rings. The lowest BCUT2D eigenvalue weighted by Crippen LogP contribution is -2.47. The van der Waals surface area contributed by atoms with Crippen LogP contribution in [0.5, 0.6) is 0 Å². The van der Waals surface area contributed by atoms with Gasteiger partial charge in [-0.1, -0.05) is 0 Å². The second kappa shape index (κ2) is 6.77. The van der Waals surface area contributed by atoms with E-state index in [0.717, 1.165) is 31.6 Å². The summed E-state index contributed by atoms with van der Waals surface area (Å²) in [6.07, 6.45) is 1.71. The van der Waals surface area contributed by atoms with E-state index in [9.17, 15) is 8.42 Å². The summed E-state index contributed by atoms with van der Waals surface area (Å²) in [5, 5.41) is 3.16. The Hall–Kier alpha value is -1.11. The van der Waals surface area contributed by atoms with Crippen LogP contribution < -0.4 is 10.0 Å². The number of hydrogen-bond acceptors (Lipinski definition) is 4. The van der Waals surface area contributed by atoms with Crippen molar-refractivity contribution in [3.05, 3.63) is 24.3 Å². The average Bonchev–Trinajstić information content (AvgIpc) is 2.44. The van der Waals surface area contributed by atoms with E-state index >= 15 is 0 Å². The normalized spacial score (nSPS) is 24.0. The highest BCUT2D eigenvalue weighted by Gasteiger charge is 2.26. The lowest BCUT2D eigenvalue weighted by atomic mass is 10.0. The van der Waals surface area contributed by atoms with Crippen molar-refractivity contribution >= 4 is 15.7 Å². The highest BCUT2D eigenvalue weighted by Crippen LogP contribution is 2.19. The van der Waals surface area contributed by atoms with Gasteiger partial charge < -0.3 is 10.2 Å². The Bertz CT molecular complexity index is 557. The van der Waals surface area contributed by atoms with Crippen molar-refractivity contribution in [3.63, 3.8) is 0 Å². The van der Waals surface area contributed by atoms with E-state index in [4.69, 9.17) is 0 Å². The van der Waals surface area contributed by atoms with Gasteiger partial charge in [-0.2, -0.15) is 0 Å². The maximum atomic E-state index is 12.4. The molecule has 0 aromatic heterocycles. The first-order valence-corrected chi connectivity index (χ1v) is 8.97. The fourth-order valence-corrected chi connectivity index (χ4v) is 3.92. The fraction of sp³-hybridized carbons (Fsp3) is 0.600. The molecule has 1 fully saturated rings. The first-order chi connectivity index (χ1) is 9.92. The first kappa shape index (κ1) is 16.3. The van der Waals surface area contributed by atoms with Crippen molar-refractivity contribution in [2.45, 2.75) is 43.7 Å². The van der Waals surface area contributed by atoms with Gasteiger partial charge in [-0.15, -0.1) is 0 Å². The van der Waals surface area contributed by atoms with Crippen molar-refractivity contribution in [2.24, 2.45) is 0 Å². The van der Waals surface area contributed by atoms with Crippen molar-refractivity contribution in [3.8, 4) is 0 Å². The monoisotopic (exact) mass is 311 g/mol. The Labute approximate surface area is 127 Å². The van der Waals surface area contributed by atoms with Gasteiger partial charge in [0.2, 0.25) is 10.0 Å². The molecular weight excluding hydrogens is 286 g/mol. The van der Waals surface area contributed by atoms with Gasteiger partial charge in [0.15, 0.2) is 0 Å².